The lowest BCUT2D eigenvalue weighted by Gasteiger charge is -2.11. The Balaban J connectivity index is 1.93. The Morgan fingerprint density at radius 2 is 2.31 bits per heavy atom. The van der Waals surface area contributed by atoms with Gasteiger partial charge in [-0.25, -0.2) is 4.68 Å². The van der Waals surface area contributed by atoms with Gasteiger partial charge < -0.3 is 4.74 Å². The summed E-state index contributed by atoms with van der Waals surface area (Å²) >= 11 is 0. The Hall–Kier alpha value is -1.61. The third kappa shape index (κ3) is 1.74. The summed E-state index contributed by atoms with van der Waals surface area (Å²) in [6.07, 6.45) is 6.31. The van der Waals surface area contributed by atoms with Gasteiger partial charge in [-0.15, -0.1) is 0 Å². The standard InChI is InChI=1S/C13H14N2O/c1-4-11(13-6-2-9-16-13)10-12(5-1)15-8-3-7-14-15/h1,3-5,7-8,10,13H,2,6,9H2/t13-/m0/s1. The summed E-state index contributed by atoms with van der Waals surface area (Å²) < 4.78 is 7.56. The number of rotatable bonds is 2. The zero-order valence-corrected chi connectivity index (χ0v) is 9.04. The second-order valence-electron chi connectivity index (χ2n) is 4.05. The van der Waals surface area contributed by atoms with Gasteiger partial charge in [0.1, 0.15) is 0 Å². The molecule has 0 radical (unpaired) electrons. The van der Waals surface area contributed by atoms with E-state index in [0.717, 1.165) is 25.1 Å². The first-order valence-corrected chi connectivity index (χ1v) is 5.65. The maximum atomic E-state index is 5.68. The smallest absolute Gasteiger partial charge is 0.0826 e. The molecule has 2 heterocycles. The quantitative estimate of drug-likeness (QED) is 0.768. The Kier molecular flexibility index (Phi) is 2.46. The van der Waals surface area contributed by atoms with Crippen LogP contribution in [-0.4, -0.2) is 16.4 Å². The van der Waals surface area contributed by atoms with Crippen molar-refractivity contribution in [3.63, 3.8) is 0 Å². The van der Waals surface area contributed by atoms with Crippen LogP contribution in [0.5, 0.6) is 0 Å². The van der Waals surface area contributed by atoms with Crippen LogP contribution in [0.4, 0.5) is 0 Å². The Labute approximate surface area is 94.7 Å². The average Bonchev–Trinajstić information content (AvgIpc) is 3.03. The molecule has 0 saturated carbocycles. The van der Waals surface area contributed by atoms with Crippen LogP contribution in [0.3, 0.4) is 0 Å². The summed E-state index contributed by atoms with van der Waals surface area (Å²) in [7, 11) is 0. The first kappa shape index (κ1) is 9.60. The zero-order chi connectivity index (χ0) is 10.8. The zero-order valence-electron chi connectivity index (χ0n) is 9.04. The third-order valence-electron chi connectivity index (χ3n) is 2.94. The highest BCUT2D eigenvalue weighted by Gasteiger charge is 2.17. The lowest BCUT2D eigenvalue weighted by atomic mass is 10.1. The summed E-state index contributed by atoms with van der Waals surface area (Å²) in [5.74, 6) is 0. The van der Waals surface area contributed by atoms with Crippen molar-refractivity contribution in [2.75, 3.05) is 6.61 Å². The van der Waals surface area contributed by atoms with Gasteiger partial charge in [0.25, 0.3) is 0 Å². The van der Waals surface area contributed by atoms with Crippen LogP contribution >= 0.6 is 0 Å². The van der Waals surface area contributed by atoms with Gasteiger partial charge in [-0.2, -0.15) is 5.10 Å². The van der Waals surface area contributed by atoms with Crippen molar-refractivity contribution in [3.8, 4) is 5.69 Å². The highest BCUT2D eigenvalue weighted by atomic mass is 16.5. The van der Waals surface area contributed by atoms with Gasteiger partial charge in [0.15, 0.2) is 0 Å². The molecule has 0 unspecified atom stereocenters. The summed E-state index contributed by atoms with van der Waals surface area (Å²) in [5.41, 5.74) is 2.35. The molecule has 1 aromatic carbocycles. The molecule has 0 bridgehead atoms. The SMILES string of the molecule is c1cc([C@@H]2CCCO2)cc(-n2cccn2)c1. The van der Waals surface area contributed by atoms with Crippen LogP contribution < -0.4 is 0 Å². The molecule has 3 rings (SSSR count). The molecular weight excluding hydrogens is 200 g/mol. The van der Waals surface area contributed by atoms with E-state index in [1.807, 2.05) is 16.9 Å². The van der Waals surface area contributed by atoms with E-state index in [9.17, 15) is 0 Å². The fraction of sp³-hybridized carbons (Fsp3) is 0.308. The van der Waals surface area contributed by atoms with E-state index in [1.165, 1.54) is 5.56 Å². The van der Waals surface area contributed by atoms with E-state index in [0.29, 0.717) is 0 Å². The predicted octanol–water partition coefficient (Wildman–Crippen LogP) is 2.72. The minimum Gasteiger partial charge on any atom is -0.374 e. The van der Waals surface area contributed by atoms with E-state index < -0.39 is 0 Å². The molecule has 1 saturated heterocycles. The van der Waals surface area contributed by atoms with Gasteiger partial charge >= 0.3 is 0 Å². The van der Waals surface area contributed by atoms with Crippen LogP contribution in [-0.2, 0) is 4.74 Å². The number of ether oxygens (including phenoxy) is 1. The number of hydrogen-bond acceptors (Lipinski definition) is 2. The molecule has 3 nitrogen and oxygen atoms in total. The van der Waals surface area contributed by atoms with Crippen molar-refractivity contribution in [2.45, 2.75) is 18.9 Å². The van der Waals surface area contributed by atoms with Gasteiger partial charge in [0.2, 0.25) is 0 Å². The summed E-state index contributed by atoms with van der Waals surface area (Å²) in [4.78, 5) is 0. The Morgan fingerprint density at radius 3 is 3.06 bits per heavy atom. The molecule has 82 valence electrons. The van der Waals surface area contributed by atoms with E-state index >= 15 is 0 Å². The first-order chi connectivity index (χ1) is 7.93. The fourth-order valence-corrected chi connectivity index (χ4v) is 2.13. The number of benzene rings is 1. The van der Waals surface area contributed by atoms with E-state index in [2.05, 4.69) is 29.4 Å². The topological polar surface area (TPSA) is 27.1 Å². The minimum absolute atomic E-state index is 0.274. The van der Waals surface area contributed by atoms with E-state index in [4.69, 9.17) is 4.74 Å². The molecule has 1 fully saturated rings. The number of nitrogens with zero attached hydrogens (tertiary/aromatic N) is 2. The van der Waals surface area contributed by atoms with Gasteiger partial charge in [-0.05, 0) is 36.6 Å². The molecule has 2 aromatic rings. The highest BCUT2D eigenvalue weighted by molar-refractivity contribution is 5.36. The molecule has 0 spiro atoms. The summed E-state index contributed by atoms with van der Waals surface area (Å²) in [5, 5.41) is 4.23. The molecule has 1 aliphatic rings. The van der Waals surface area contributed by atoms with E-state index in [1.54, 1.807) is 6.20 Å². The van der Waals surface area contributed by atoms with Crippen molar-refractivity contribution in [3.05, 3.63) is 48.3 Å². The molecule has 0 amide bonds. The normalized spacial score (nSPS) is 20.1. The minimum atomic E-state index is 0.274. The maximum absolute atomic E-state index is 5.68. The van der Waals surface area contributed by atoms with Gasteiger partial charge in [-0.1, -0.05) is 12.1 Å². The van der Waals surface area contributed by atoms with Crippen molar-refractivity contribution in [2.24, 2.45) is 0 Å². The second-order valence-corrected chi connectivity index (χ2v) is 4.05. The average molecular weight is 214 g/mol. The molecule has 1 aromatic heterocycles. The molecular formula is C13H14N2O. The highest BCUT2D eigenvalue weighted by Crippen LogP contribution is 2.29. The molecule has 1 atom stereocenters. The monoisotopic (exact) mass is 214 g/mol. The Bertz CT molecular complexity index is 459. The van der Waals surface area contributed by atoms with Gasteiger partial charge in [-0.3, -0.25) is 0 Å². The summed E-state index contributed by atoms with van der Waals surface area (Å²) in [6.45, 7) is 0.886. The van der Waals surface area contributed by atoms with Crippen molar-refractivity contribution in [1.29, 1.82) is 0 Å². The summed E-state index contributed by atoms with van der Waals surface area (Å²) in [6, 6.07) is 10.3. The van der Waals surface area contributed by atoms with Crippen LogP contribution in [0.1, 0.15) is 24.5 Å². The lowest BCUT2D eigenvalue weighted by molar-refractivity contribution is 0.112. The maximum Gasteiger partial charge on any atom is 0.0826 e. The molecule has 16 heavy (non-hydrogen) atoms. The second kappa shape index (κ2) is 4.10. The fourth-order valence-electron chi connectivity index (χ4n) is 2.13. The van der Waals surface area contributed by atoms with Crippen molar-refractivity contribution in [1.82, 2.24) is 9.78 Å². The van der Waals surface area contributed by atoms with Crippen LogP contribution in [0.2, 0.25) is 0 Å². The van der Waals surface area contributed by atoms with Gasteiger partial charge in [0, 0.05) is 19.0 Å². The predicted molar refractivity (Wildman–Crippen MR) is 61.5 cm³/mol. The number of aromatic nitrogens is 2. The van der Waals surface area contributed by atoms with Crippen LogP contribution in [0, 0.1) is 0 Å². The van der Waals surface area contributed by atoms with Crippen molar-refractivity contribution < 1.29 is 4.74 Å². The molecule has 1 aliphatic heterocycles. The van der Waals surface area contributed by atoms with Crippen molar-refractivity contribution >= 4 is 0 Å². The van der Waals surface area contributed by atoms with E-state index in [-0.39, 0.29) is 6.10 Å². The largest absolute Gasteiger partial charge is 0.374 e. The lowest BCUT2D eigenvalue weighted by Crippen LogP contribution is -1.99. The first-order valence-electron chi connectivity index (χ1n) is 5.65. The molecule has 0 N–H and O–H groups in total. The molecule has 3 heteroatoms. The number of hydrogen-bond donors (Lipinski definition) is 0. The van der Waals surface area contributed by atoms with Crippen LogP contribution in [0.15, 0.2) is 42.7 Å². The molecule has 0 aliphatic carbocycles. The third-order valence-corrected chi connectivity index (χ3v) is 2.94. The van der Waals surface area contributed by atoms with Gasteiger partial charge in [0.05, 0.1) is 11.8 Å². The van der Waals surface area contributed by atoms with Crippen LogP contribution in [0.25, 0.3) is 5.69 Å². The Morgan fingerprint density at radius 1 is 1.31 bits per heavy atom.